The van der Waals surface area contributed by atoms with Crippen molar-refractivity contribution in [2.75, 3.05) is 37.7 Å². The Morgan fingerprint density at radius 1 is 1.05 bits per heavy atom. The zero-order valence-corrected chi connectivity index (χ0v) is 21.8. The molecule has 0 bridgehead atoms. The molecule has 1 aliphatic heterocycles. The smallest absolute Gasteiger partial charge is 0.409 e. The van der Waals surface area contributed by atoms with Gasteiger partial charge >= 0.3 is 11.8 Å². The van der Waals surface area contributed by atoms with Crippen molar-refractivity contribution in [1.29, 1.82) is 0 Å². The van der Waals surface area contributed by atoms with Gasteiger partial charge in [-0.3, -0.25) is 4.79 Å². The first-order valence-electron chi connectivity index (χ1n) is 12.5. The van der Waals surface area contributed by atoms with Crippen LogP contribution in [0, 0.1) is 0 Å². The molecule has 37 heavy (non-hydrogen) atoms. The van der Waals surface area contributed by atoms with Crippen LogP contribution in [0.25, 0.3) is 5.69 Å². The lowest BCUT2D eigenvalue weighted by Gasteiger charge is -2.34. The molecule has 1 aliphatic rings. The van der Waals surface area contributed by atoms with Gasteiger partial charge in [0, 0.05) is 36.8 Å². The van der Waals surface area contributed by atoms with Gasteiger partial charge in [0.25, 0.3) is 0 Å². The van der Waals surface area contributed by atoms with E-state index in [2.05, 4.69) is 21.9 Å². The number of aromatic nitrogens is 4. The second-order valence-corrected chi connectivity index (χ2v) is 9.28. The summed E-state index contributed by atoms with van der Waals surface area (Å²) < 4.78 is 7.88. The number of Topliss-reactive ketones (excluding diaryl/α,β-unsaturated/α-hetero) is 1. The quantitative estimate of drug-likeness (QED) is 0.307. The van der Waals surface area contributed by atoms with Crippen LogP contribution in [0.1, 0.15) is 49.5 Å². The lowest BCUT2D eigenvalue weighted by molar-refractivity contribution is 0.0911. The Morgan fingerprint density at radius 3 is 2.41 bits per heavy atom. The molecule has 1 atom stereocenters. The van der Waals surface area contributed by atoms with Crippen molar-refractivity contribution in [3.05, 3.63) is 70.0 Å². The summed E-state index contributed by atoms with van der Waals surface area (Å²) >= 11 is 5.93. The van der Waals surface area contributed by atoms with Gasteiger partial charge in [0.2, 0.25) is 0 Å². The molecule has 0 spiro atoms. The minimum Gasteiger partial charge on any atom is -0.449 e. The van der Waals surface area contributed by atoms with Crippen LogP contribution >= 0.6 is 11.6 Å². The van der Waals surface area contributed by atoms with Crippen molar-refractivity contribution in [2.45, 2.75) is 39.2 Å². The standard InChI is InChI=1S/C26H31ClN6O4/c1-3-5-16-37-26(36)31-14-12-30(13-15-31)23-11-10-21(17-28-23)32-18-29-33(25(32)35)22(4-2)24(34)19-6-8-20(27)9-7-19/h6-11,17-18,22H,3-5,12-16H2,1-2H3. The summed E-state index contributed by atoms with van der Waals surface area (Å²) in [7, 11) is 0. The lowest BCUT2D eigenvalue weighted by atomic mass is 10.0. The number of piperazine rings is 1. The van der Waals surface area contributed by atoms with Gasteiger partial charge in [0.1, 0.15) is 18.2 Å². The van der Waals surface area contributed by atoms with Crippen molar-refractivity contribution in [3.8, 4) is 5.69 Å². The molecular weight excluding hydrogens is 496 g/mol. The first kappa shape index (κ1) is 26.4. The highest BCUT2D eigenvalue weighted by atomic mass is 35.5. The number of pyridine rings is 1. The van der Waals surface area contributed by atoms with Gasteiger partial charge in [0.15, 0.2) is 5.78 Å². The van der Waals surface area contributed by atoms with E-state index in [1.165, 1.54) is 15.6 Å². The molecule has 3 heterocycles. The Balaban J connectivity index is 1.42. The maximum absolute atomic E-state index is 13.1. The van der Waals surface area contributed by atoms with Crippen molar-refractivity contribution >= 4 is 29.3 Å². The fourth-order valence-electron chi connectivity index (χ4n) is 4.20. The molecule has 0 N–H and O–H groups in total. The summed E-state index contributed by atoms with van der Waals surface area (Å²) in [5.74, 6) is 0.556. The Hall–Kier alpha value is -3.66. The minimum atomic E-state index is -0.730. The molecular formula is C26H31ClN6O4. The highest BCUT2D eigenvalue weighted by Crippen LogP contribution is 2.19. The number of nitrogens with zero attached hydrogens (tertiary/aromatic N) is 6. The molecule has 1 amide bonds. The summed E-state index contributed by atoms with van der Waals surface area (Å²) in [5.41, 5.74) is 0.601. The molecule has 0 saturated carbocycles. The van der Waals surface area contributed by atoms with Crippen LogP contribution in [0.2, 0.25) is 5.02 Å². The zero-order valence-electron chi connectivity index (χ0n) is 21.0. The average molecular weight is 527 g/mol. The number of hydrogen-bond acceptors (Lipinski definition) is 7. The monoisotopic (exact) mass is 526 g/mol. The predicted octanol–water partition coefficient (Wildman–Crippen LogP) is 3.98. The van der Waals surface area contributed by atoms with Gasteiger partial charge in [-0.1, -0.05) is 31.9 Å². The van der Waals surface area contributed by atoms with Crippen molar-refractivity contribution in [1.82, 2.24) is 24.2 Å². The summed E-state index contributed by atoms with van der Waals surface area (Å²) in [6.07, 6.45) is 4.99. The largest absolute Gasteiger partial charge is 0.449 e. The topological polar surface area (TPSA) is 103 Å². The third-order valence-corrected chi connectivity index (χ3v) is 6.65. The SMILES string of the molecule is CCCCOC(=O)N1CCN(c2ccc(-n3cnn(C(CC)C(=O)c4ccc(Cl)cc4)c3=O)cn2)CC1. The van der Waals surface area contributed by atoms with Crippen molar-refractivity contribution in [2.24, 2.45) is 0 Å². The molecule has 0 radical (unpaired) electrons. The highest BCUT2D eigenvalue weighted by molar-refractivity contribution is 6.30. The van der Waals surface area contributed by atoms with E-state index in [1.54, 1.807) is 41.4 Å². The molecule has 1 fully saturated rings. The van der Waals surface area contributed by atoms with Crippen LogP contribution in [0.3, 0.4) is 0 Å². The molecule has 11 heteroatoms. The first-order chi connectivity index (χ1) is 17.9. The van der Waals surface area contributed by atoms with E-state index in [0.717, 1.165) is 18.7 Å². The fourth-order valence-corrected chi connectivity index (χ4v) is 4.33. The Morgan fingerprint density at radius 2 is 1.78 bits per heavy atom. The molecule has 196 valence electrons. The molecule has 0 aliphatic carbocycles. The van der Waals surface area contributed by atoms with Crippen LogP contribution in [0.4, 0.5) is 10.6 Å². The normalized spacial score (nSPS) is 14.5. The van der Waals surface area contributed by atoms with Gasteiger partial charge < -0.3 is 14.5 Å². The second-order valence-electron chi connectivity index (χ2n) is 8.84. The Kier molecular flexibility index (Phi) is 8.60. The van der Waals surface area contributed by atoms with Crippen LogP contribution in [-0.2, 0) is 4.74 Å². The van der Waals surface area contributed by atoms with Gasteiger partial charge in [-0.05, 0) is 49.2 Å². The van der Waals surface area contributed by atoms with Gasteiger partial charge in [-0.15, -0.1) is 0 Å². The summed E-state index contributed by atoms with van der Waals surface area (Å²) in [6.45, 7) is 6.73. The van der Waals surface area contributed by atoms with E-state index in [0.29, 0.717) is 55.5 Å². The molecule has 3 aromatic rings. The van der Waals surface area contributed by atoms with Crippen molar-refractivity contribution in [3.63, 3.8) is 0 Å². The highest BCUT2D eigenvalue weighted by Gasteiger charge is 2.25. The number of ether oxygens (including phenoxy) is 1. The van der Waals surface area contributed by atoms with Gasteiger partial charge in [-0.25, -0.2) is 23.8 Å². The van der Waals surface area contributed by atoms with Crippen LogP contribution in [-0.4, -0.2) is 68.9 Å². The Labute approximate surface area is 220 Å². The number of benzene rings is 1. The van der Waals surface area contributed by atoms with Crippen LogP contribution in [0.15, 0.2) is 53.7 Å². The maximum atomic E-state index is 13.1. The number of halogens is 1. The van der Waals surface area contributed by atoms with Crippen molar-refractivity contribution < 1.29 is 14.3 Å². The fraction of sp³-hybridized carbons (Fsp3) is 0.423. The van der Waals surface area contributed by atoms with E-state index in [1.807, 2.05) is 13.0 Å². The molecule has 1 saturated heterocycles. The van der Waals surface area contributed by atoms with E-state index in [-0.39, 0.29) is 11.9 Å². The third kappa shape index (κ3) is 6.02. The number of hydrogen-bond donors (Lipinski definition) is 0. The molecule has 4 rings (SSSR count). The Bertz CT molecular complexity index is 1260. The molecule has 10 nitrogen and oxygen atoms in total. The minimum absolute atomic E-state index is 0.201. The third-order valence-electron chi connectivity index (χ3n) is 6.40. The average Bonchev–Trinajstić information content (AvgIpc) is 3.30. The zero-order chi connectivity index (χ0) is 26.4. The number of rotatable bonds is 9. The van der Waals surface area contributed by atoms with E-state index >= 15 is 0 Å². The van der Waals surface area contributed by atoms with Crippen LogP contribution < -0.4 is 10.6 Å². The second kappa shape index (κ2) is 12.1. The number of carbonyl (C=O) groups excluding carboxylic acids is 2. The molecule has 1 aromatic carbocycles. The number of ketones is 1. The number of carbonyl (C=O) groups is 2. The molecule has 1 unspecified atom stereocenters. The number of anilines is 1. The number of unbranched alkanes of at least 4 members (excludes halogenated alkanes) is 1. The number of amides is 1. The lowest BCUT2D eigenvalue weighted by Crippen LogP contribution is -2.49. The van der Waals surface area contributed by atoms with Crippen LogP contribution in [0.5, 0.6) is 0 Å². The first-order valence-corrected chi connectivity index (χ1v) is 12.9. The van der Waals surface area contributed by atoms with Gasteiger partial charge in [0.05, 0.1) is 18.5 Å². The predicted molar refractivity (Wildman–Crippen MR) is 141 cm³/mol. The summed E-state index contributed by atoms with van der Waals surface area (Å²) in [4.78, 5) is 46.7. The van der Waals surface area contributed by atoms with E-state index in [4.69, 9.17) is 16.3 Å². The van der Waals surface area contributed by atoms with Gasteiger partial charge in [-0.2, -0.15) is 5.10 Å². The summed E-state index contributed by atoms with van der Waals surface area (Å²) in [6, 6.07) is 9.49. The maximum Gasteiger partial charge on any atom is 0.409 e. The summed E-state index contributed by atoms with van der Waals surface area (Å²) in [5, 5.41) is 4.76. The van der Waals surface area contributed by atoms with E-state index < -0.39 is 11.7 Å². The van der Waals surface area contributed by atoms with E-state index in [9.17, 15) is 14.4 Å². The molecule has 2 aromatic heterocycles.